The number of carbonyl (C=O) groups is 1. The van der Waals surface area contributed by atoms with E-state index >= 15 is 0 Å². The van der Waals surface area contributed by atoms with Crippen LogP contribution in [0.3, 0.4) is 0 Å². The van der Waals surface area contributed by atoms with Gasteiger partial charge in [0, 0.05) is 6.04 Å². The van der Waals surface area contributed by atoms with Crippen molar-refractivity contribution in [3.05, 3.63) is 0 Å². The number of hydrogen-bond donors (Lipinski definition) is 1. The summed E-state index contributed by atoms with van der Waals surface area (Å²) in [6.45, 7) is 9.71. The minimum absolute atomic E-state index is 0.130. The first-order valence-electron chi connectivity index (χ1n) is 5.28. The molecule has 1 heterocycles. The number of carbonyl (C=O) groups excluding carboxylic acids is 1. The molecule has 0 aliphatic carbocycles. The Labute approximate surface area is 86.2 Å². The van der Waals surface area contributed by atoms with Crippen molar-refractivity contribution in [2.45, 2.75) is 64.6 Å². The van der Waals surface area contributed by atoms with E-state index in [0.29, 0.717) is 6.04 Å². The summed E-state index contributed by atoms with van der Waals surface area (Å²) in [6.07, 6.45) is 1.96. The lowest BCUT2D eigenvalue weighted by molar-refractivity contribution is -0.167. The average molecular weight is 199 g/mol. The molecule has 3 heteroatoms. The highest BCUT2D eigenvalue weighted by Crippen LogP contribution is 2.28. The maximum atomic E-state index is 11.7. The molecule has 0 aromatic heterocycles. The van der Waals surface area contributed by atoms with Crippen molar-refractivity contribution in [2.24, 2.45) is 0 Å². The zero-order valence-corrected chi connectivity index (χ0v) is 9.81. The van der Waals surface area contributed by atoms with Crippen LogP contribution in [0.1, 0.15) is 47.5 Å². The Bertz CT molecular complexity index is 224. The Morgan fingerprint density at radius 2 is 2.07 bits per heavy atom. The van der Waals surface area contributed by atoms with E-state index in [2.05, 4.69) is 12.2 Å². The van der Waals surface area contributed by atoms with Crippen LogP contribution >= 0.6 is 0 Å². The van der Waals surface area contributed by atoms with Gasteiger partial charge in [0.05, 0.1) is 0 Å². The molecule has 1 aliphatic rings. The van der Waals surface area contributed by atoms with Gasteiger partial charge in [-0.1, -0.05) is 6.92 Å². The van der Waals surface area contributed by atoms with E-state index in [1.165, 1.54) is 0 Å². The predicted molar refractivity (Wildman–Crippen MR) is 56.1 cm³/mol. The second-order valence-corrected chi connectivity index (χ2v) is 5.29. The summed E-state index contributed by atoms with van der Waals surface area (Å²) in [5.41, 5.74) is -0.840. The van der Waals surface area contributed by atoms with Crippen molar-refractivity contribution in [2.75, 3.05) is 0 Å². The van der Waals surface area contributed by atoms with Gasteiger partial charge >= 0.3 is 5.97 Å². The van der Waals surface area contributed by atoms with Gasteiger partial charge in [0.25, 0.3) is 0 Å². The van der Waals surface area contributed by atoms with E-state index in [4.69, 9.17) is 4.74 Å². The molecule has 1 fully saturated rings. The fourth-order valence-electron chi connectivity index (χ4n) is 1.70. The molecule has 1 rings (SSSR count). The molecule has 2 unspecified atom stereocenters. The monoisotopic (exact) mass is 199 g/mol. The van der Waals surface area contributed by atoms with Crippen molar-refractivity contribution in [1.82, 2.24) is 5.32 Å². The molecule has 0 bridgehead atoms. The molecular formula is C11H21NO2. The first-order chi connectivity index (χ1) is 6.27. The lowest BCUT2D eigenvalue weighted by Gasteiger charge is -2.45. The second kappa shape index (κ2) is 3.54. The summed E-state index contributed by atoms with van der Waals surface area (Å²) in [7, 11) is 0. The molecule has 14 heavy (non-hydrogen) atoms. The quantitative estimate of drug-likeness (QED) is 0.690. The summed E-state index contributed by atoms with van der Waals surface area (Å²) < 4.78 is 5.34. The molecule has 0 amide bonds. The second-order valence-electron chi connectivity index (χ2n) is 5.29. The topological polar surface area (TPSA) is 38.3 Å². The van der Waals surface area contributed by atoms with Crippen LogP contribution in [0, 0.1) is 0 Å². The van der Waals surface area contributed by atoms with Crippen LogP contribution in [0.2, 0.25) is 0 Å². The maximum absolute atomic E-state index is 11.7. The highest BCUT2D eigenvalue weighted by atomic mass is 16.6. The maximum Gasteiger partial charge on any atom is 0.326 e. The van der Waals surface area contributed by atoms with Gasteiger partial charge in [-0.3, -0.25) is 10.1 Å². The third-order valence-electron chi connectivity index (χ3n) is 2.52. The molecule has 0 aromatic rings. The lowest BCUT2D eigenvalue weighted by atomic mass is 9.82. The van der Waals surface area contributed by atoms with Crippen molar-refractivity contribution < 1.29 is 9.53 Å². The SMILES string of the molecule is CCC1CC(C)(C(=O)OC(C)(C)C)N1. The standard InChI is InChI=1S/C11H21NO2/c1-6-8-7-11(5,12-8)9(13)14-10(2,3)4/h8,12H,6-7H2,1-5H3. The highest BCUT2D eigenvalue weighted by molar-refractivity contribution is 5.82. The Morgan fingerprint density at radius 3 is 2.43 bits per heavy atom. The van der Waals surface area contributed by atoms with Gasteiger partial charge in [0.2, 0.25) is 0 Å². The average Bonchev–Trinajstić information content (AvgIpc) is 1.94. The third-order valence-corrected chi connectivity index (χ3v) is 2.52. The van der Waals surface area contributed by atoms with Crippen LogP contribution in [-0.2, 0) is 9.53 Å². The highest BCUT2D eigenvalue weighted by Gasteiger charge is 2.47. The molecule has 1 N–H and O–H groups in total. The fraction of sp³-hybridized carbons (Fsp3) is 0.909. The minimum Gasteiger partial charge on any atom is -0.459 e. The summed E-state index contributed by atoms with van der Waals surface area (Å²) in [5.74, 6) is -0.130. The summed E-state index contributed by atoms with van der Waals surface area (Å²) in [4.78, 5) is 11.7. The van der Waals surface area contributed by atoms with Crippen molar-refractivity contribution in [3.63, 3.8) is 0 Å². The zero-order chi connectivity index (χ0) is 11.0. The summed E-state index contributed by atoms with van der Waals surface area (Å²) in [6, 6.07) is 0.479. The van der Waals surface area contributed by atoms with Crippen molar-refractivity contribution in [3.8, 4) is 0 Å². The molecule has 0 radical (unpaired) electrons. The lowest BCUT2D eigenvalue weighted by Crippen LogP contribution is -2.66. The van der Waals surface area contributed by atoms with Crippen molar-refractivity contribution >= 4 is 5.97 Å². The molecule has 1 aliphatic heterocycles. The van der Waals surface area contributed by atoms with Gasteiger partial charge in [-0.25, -0.2) is 0 Å². The number of rotatable bonds is 2. The number of nitrogens with one attached hydrogen (secondary N) is 1. The van der Waals surface area contributed by atoms with Crippen LogP contribution < -0.4 is 5.32 Å². The Balaban J connectivity index is 2.47. The number of esters is 1. The van der Waals surface area contributed by atoms with Gasteiger partial charge in [0.15, 0.2) is 0 Å². The first-order valence-corrected chi connectivity index (χ1v) is 5.28. The van der Waals surface area contributed by atoms with E-state index in [9.17, 15) is 4.79 Å². The van der Waals surface area contributed by atoms with Crippen molar-refractivity contribution in [1.29, 1.82) is 0 Å². The molecule has 3 nitrogen and oxygen atoms in total. The summed E-state index contributed by atoms with van der Waals surface area (Å²) >= 11 is 0. The Morgan fingerprint density at radius 1 is 1.57 bits per heavy atom. The van der Waals surface area contributed by atoms with Gasteiger partial charge in [-0.05, 0) is 40.5 Å². The smallest absolute Gasteiger partial charge is 0.326 e. The summed E-state index contributed by atoms with van der Waals surface area (Å²) in [5, 5.41) is 3.25. The first kappa shape index (κ1) is 11.5. The zero-order valence-electron chi connectivity index (χ0n) is 9.81. The van der Waals surface area contributed by atoms with Crippen LogP contribution in [0.25, 0.3) is 0 Å². The van der Waals surface area contributed by atoms with E-state index in [0.717, 1.165) is 12.8 Å². The molecule has 1 saturated heterocycles. The molecule has 0 aromatic carbocycles. The molecule has 82 valence electrons. The van der Waals surface area contributed by atoms with E-state index in [1.54, 1.807) is 0 Å². The third kappa shape index (κ3) is 2.47. The molecule has 0 spiro atoms. The number of ether oxygens (including phenoxy) is 1. The largest absolute Gasteiger partial charge is 0.459 e. The van der Waals surface area contributed by atoms with Gasteiger partial charge < -0.3 is 4.74 Å². The molecular weight excluding hydrogens is 178 g/mol. The van der Waals surface area contributed by atoms with E-state index in [1.807, 2.05) is 27.7 Å². The minimum atomic E-state index is -0.450. The molecule has 2 atom stereocenters. The normalized spacial score (nSPS) is 32.2. The Kier molecular flexibility index (Phi) is 2.91. The fourth-order valence-corrected chi connectivity index (χ4v) is 1.70. The Hall–Kier alpha value is -0.570. The van der Waals surface area contributed by atoms with Gasteiger partial charge in [-0.15, -0.1) is 0 Å². The molecule has 0 saturated carbocycles. The van der Waals surface area contributed by atoms with Crippen LogP contribution in [-0.4, -0.2) is 23.2 Å². The van der Waals surface area contributed by atoms with Gasteiger partial charge in [0.1, 0.15) is 11.1 Å². The number of hydrogen-bond acceptors (Lipinski definition) is 3. The predicted octanol–water partition coefficient (Wildman–Crippen LogP) is 1.86. The van der Waals surface area contributed by atoms with E-state index < -0.39 is 5.54 Å². The van der Waals surface area contributed by atoms with Gasteiger partial charge in [-0.2, -0.15) is 0 Å². The van der Waals surface area contributed by atoms with Crippen LogP contribution in [0.5, 0.6) is 0 Å². The van der Waals surface area contributed by atoms with Crippen LogP contribution in [0.15, 0.2) is 0 Å². The van der Waals surface area contributed by atoms with Crippen LogP contribution in [0.4, 0.5) is 0 Å². The van der Waals surface area contributed by atoms with E-state index in [-0.39, 0.29) is 11.6 Å².